The average molecular weight is 721 g/mol. The van der Waals surface area contributed by atoms with Crippen LogP contribution in [0.15, 0.2) is 73.3 Å². The van der Waals surface area contributed by atoms with Crippen molar-refractivity contribution in [3.8, 4) is 11.5 Å². The summed E-state index contributed by atoms with van der Waals surface area (Å²) in [4.78, 5) is 46.3. The number of benzene rings is 2. The predicted octanol–water partition coefficient (Wildman–Crippen LogP) is 5.82. The molecule has 0 N–H and O–H groups in total. The van der Waals surface area contributed by atoms with Crippen LogP contribution in [0.3, 0.4) is 0 Å². The molecular weight excluding hydrogens is 672 g/mol. The molecule has 4 atom stereocenters. The van der Waals surface area contributed by atoms with Gasteiger partial charge in [-0.25, -0.2) is 14.4 Å². The van der Waals surface area contributed by atoms with Crippen molar-refractivity contribution < 1.29 is 57.1 Å². The van der Waals surface area contributed by atoms with Crippen LogP contribution in [0.5, 0.6) is 11.5 Å². The van der Waals surface area contributed by atoms with E-state index in [1.165, 1.54) is 12.2 Å². The Morgan fingerprint density at radius 1 is 0.615 bits per heavy atom. The number of unbranched alkanes of at least 4 members (excludes halogenated alkanes) is 6. The molecule has 2 aliphatic heterocycles. The maximum Gasteiger partial charge on any atom is 0.331 e. The van der Waals surface area contributed by atoms with Gasteiger partial charge in [-0.2, -0.15) is 0 Å². The molecular formula is C40H48O12. The van der Waals surface area contributed by atoms with Crippen LogP contribution in [0, 0.1) is 0 Å². The zero-order valence-electron chi connectivity index (χ0n) is 29.4. The van der Waals surface area contributed by atoms with Gasteiger partial charge in [0.1, 0.15) is 23.7 Å². The Morgan fingerprint density at radius 2 is 1.06 bits per heavy atom. The number of ether oxygens (including phenoxy) is 8. The fraction of sp³-hybridized carbons (Fsp3) is 0.450. The molecule has 52 heavy (non-hydrogen) atoms. The van der Waals surface area contributed by atoms with Crippen LogP contribution in [0.25, 0.3) is 12.2 Å². The second-order valence-corrected chi connectivity index (χ2v) is 12.2. The van der Waals surface area contributed by atoms with Crippen LogP contribution < -0.4 is 9.47 Å². The fourth-order valence-corrected chi connectivity index (χ4v) is 5.55. The Labute approximate surface area is 304 Å². The summed E-state index contributed by atoms with van der Waals surface area (Å²) >= 11 is 0. The molecule has 12 heteroatoms. The zero-order valence-corrected chi connectivity index (χ0v) is 29.4. The summed E-state index contributed by atoms with van der Waals surface area (Å²) in [7, 11) is 0. The molecule has 12 nitrogen and oxygen atoms in total. The van der Waals surface area contributed by atoms with E-state index in [0.29, 0.717) is 32.9 Å². The Morgan fingerprint density at radius 3 is 1.50 bits per heavy atom. The van der Waals surface area contributed by atoms with Crippen LogP contribution in [-0.2, 0) is 47.6 Å². The van der Waals surface area contributed by atoms with Crippen LogP contribution in [0.2, 0.25) is 0 Å². The molecule has 0 aromatic heterocycles. The highest BCUT2D eigenvalue weighted by molar-refractivity contribution is 5.88. The van der Waals surface area contributed by atoms with Crippen molar-refractivity contribution in [3.05, 3.63) is 84.5 Å². The third-order valence-electron chi connectivity index (χ3n) is 8.29. The van der Waals surface area contributed by atoms with Crippen LogP contribution >= 0.6 is 0 Å². The molecule has 0 radical (unpaired) electrons. The van der Waals surface area contributed by atoms with Gasteiger partial charge >= 0.3 is 17.9 Å². The monoisotopic (exact) mass is 720 g/mol. The van der Waals surface area contributed by atoms with Crippen molar-refractivity contribution >= 4 is 36.5 Å². The van der Waals surface area contributed by atoms with E-state index < -0.39 is 42.3 Å². The van der Waals surface area contributed by atoms with E-state index in [4.69, 9.17) is 33.2 Å². The van der Waals surface area contributed by atoms with Gasteiger partial charge in [-0.05, 0) is 98.9 Å². The Kier molecular flexibility index (Phi) is 17.5. The smallest absolute Gasteiger partial charge is 0.331 e. The standard InChI is InChI=1S/C40H48O12/c1-2-36(42)48-26-10-6-5-9-25-47-33-19-13-31(14-20-33)16-22-38(44)52-35-28-50-39-34(27-49-40(35)39)51-37(43)21-15-30-11-17-32(18-12-30)46-24-8-4-3-7-23-45-29-41/h2,11-22,29,34-35,39-40H,1,3-10,23-28H2. The maximum atomic E-state index is 12.6. The molecule has 0 spiro atoms. The highest BCUT2D eigenvalue weighted by Crippen LogP contribution is 2.31. The summed E-state index contributed by atoms with van der Waals surface area (Å²) in [5, 5.41) is 0. The number of carbonyl (C=O) groups excluding carboxylic acids is 4. The molecule has 0 bridgehead atoms. The molecule has 2 aliphatic rings. The minimum atomic E-state index is -0.622. The summed E-state index contributed by atoms with van der Waals surface area (Å²) in [6, 6.07) is 14.8. The number of hydrogen-bond donors (Lipinski definition) is 0. The lowest BCUT2D eigenvalue weighted by Gasteiger charge is -2.16. The average Bonchev–Trinajstić information content (AvgIpc) is 3.75. The summed E-state index contributed by atoms with van der Waals surface area (Å²) in [6.45, 7) is 6.13. The maximum absolute atomic E-state index is 12.6. The van der Waals surface area contributed by atoms with Gasteiger partial charge in [0.05, 0.1) is 39.6 Å². The third kappa shape index (κ3) is 14.4. The number of carbonyl (C=O) groups is 4. The normalized spacial score (nSPS) is 19.2. The molecule has 4 rings (SSSR count). The molecule has 0 aliphatic carbocycles. The highest BCUT2D eigenvalue weighted by atomic mass is 16.7. The third-order valence-corrected chi connectivity index (χ3v) is 8.29. The minimum Gasteiger partial charge on any atom is -0.494 e. The predicted molar refractivity (Wildman–Crippen MR) is 191 cm³/mol. The summed E-state index contributed by atoms with van der Waals surface area (Å²) in [5.41, 5.74) is 1.62. The summed E-state index contributed by atoms with van der Waals surface area (Å²) < 4.78 is 44.0. The van der Waals surface area contributed by atoms with Crippen molar-refractivity contribution in [2.75, 3.05) is 39.6 Å². The molecule has 0 amide bonds. The van der Waals surface area contributed by atoms with E-state index in [1.54, 1.807) is 12.2 Å². The van der Waals surface area contributed by atoms with Crippen molar-refractivity contribution in [1.29, 1.82) is 0 Å². The lowest BCUT2D eigenvalue weighted by Crippen LogP contribution is -2.35. The number of hydrogen-bond acceptors (Lipinski definition) is 12. The van der Waals surface area contributed by atoms with Gasteiger partial charge in [0, 0.05) is 18.2 Å². The molecule has 4 unspecified atom stereocenters. The topological polar surface area (TPSA) is 142 Å². The van der Waals surface area contributed by atoms with E-state index in [1.807, 2.05) is 48.5 Å². The largest absolute Gasteiger partial charge is 0.494 e. The van der Waals surface area contributed by atoms with E-state index in [2.05, 4.69) is 11.3 Å². The zero-order chi connectivity index (χ0) is 36.8. The second-order valence-electron chi connectivity index (χ2n) is 12.2. The molecule has 2 fully saturated rings. The Bertz CT molecular complexity index is 1470. The number of rotatable bonds is 24. The van der Waals surface area contributed by atoms with Gasteiger partial charge in [-0.1, -0.05) is 30.8 Å². The van der Waals surface area contributed by atoms with Gasteiger partial charge in [0.15, 0.2) is 12.2 Å². The molecule has 2 saturated heterocycles. The second kappa shape index (κ2) is 22.8. The van der Waals surface area contributed by atoms with Crippen molar-refractivity contribution in [1.82, 2.24) is 0 Å². The molecule has 280 valence electrons. The van der Waals surface area contributed by atoms with E-state index in [9.17, 15) is 19.2 Å². The molecule has 2 aromatic carbocycles. The highest BCUT2D eigenvalue weighted by Gasteiger charge is 2.51. The Hall–Kier alpha value is -4.94. The van der Waals surface area contributed by atoms with Crippen molar-refractivity contribution in [3.63, 3.8) is 0 Å². The van der Waals surface area contributed by atoms with Crippen LogP contribution in [0.4, 0.5) is 0 Å². The van der Waals surface area contributed by atoms with Gasteiger partial charge in [0.2, 0.25) is 0 Å². The van der Waals surface area contributed by atoms with Gasteiger partial charge < -0.3 is 37.9 Å². The lowest BCUT2D eigenvalue weighted by molar-refractivity contribution is -0.149. The quantitative estimate of drug-likeness (QED) is 0.0424. The first-order valence-corrected chi connectivity index (χ1v) is 17.8. The first-order valence-electron chi connectivity index (χ1n) is 17.8. The summed E-state index contributed by atoms with van der Waals surface area (Å²) in [6.07, 6.45) is 12.2. The first-order chi connectivity index (χ1) is 25.4. The number of esters is 3. The minimum absolute atomic E-state index is 0.137. The first kappa shape index (κ1) is 39.8. The van der Waals surface area contributed by atoms with Crippen molar-refractivity contribution in [2.45, 2.75) is 75.8 Å². The summed E-state index contributed by atoms with van der Waals surface area (Å²) in [5.74, 6) is 0.0132. The van der Waals surface area contributed by atoms with E-state index >= 15 is 0 Å². The Balaban J connectivity index is 1.09. The fourth-order valence-electron chi connectivity index (χ4n) is 5.55. The van der Waals surface area contributed by atoms with Crippen LogP contribution in [-0.4, -0.2) is 88.4 Å². The van der Waals surface area contributed by atoms with Gasteiger partial charge in [-0.15, -0.1) is 0 Å². The van der Waals surface area contributed by atoms with Gasteiger partial charge in [0.25, 0.3) is 6.47 Å². The lowest BCUT2D eigenvalue weighted by atomic mass is 10.1. The van der Waals surface area contributed by atoms with E-state index in [-0.39, 0.29) is 13.2 Å². The van der Waals surface area contributed by atoms with Crippen LogP contribution in [0.1, 0.15) is 62.5 Å². The SMILES string of the molecule is C=CC(=O)OCCCCCCOc1ccc(C=CC(=O)OC2COC3C(OC(=O)C=Cc4ccc(OCCCCCCOC=O)cc4)COC23)cc1. The molecule has 0 saturated carbocycles. The molecule has 2 aromatic rings. The number of fused-ring (bicyclic) bond motifs is 1. The van der Waals surface area contributed by atoms with E-state index in [0.717, 1.165) is 80.1 Å². The van der Waals surface area contributed by atoms with Gasteiger partial charge in [-0.3, -0.25) is 4.79 Å². The van der Waals surface area contributed by atoms with Crippen molar-refractivity contribution in [2.24, 2.45) is 0 Å². The molecule has 2 heterocycles.